The number of allylic oxidation sites excluding steroid dienone is 1. The molecule has 4 atom stereocenters. The lowest BCUT2D eigenvalue weighted by Gasteiger charge is -2.39. The summed E-state index contributed by atoms with van der Waals surface area (Å²) in [6.07, 6.45) is -2.35. The quantitative estimate of drug-likeness (QED) is 0.375. The number of benzene rings is 2. The number of carbonyl (C=O) groups is 1. The van der Waals surface area contributed by atoms with E-state index in [-0.39, 0.29) is 23.6 Å². The van der Waals surface area contributed by atoms with Gasteiger partial charge < -0.3 is 10.2 Å². The largest absolute Gasteiger partial charge is 0.416 e. The molecule has 0 aromatic heterocycles. The van der Waals surface area contributed by atoms with Crippen molar-refractivity contribution in [2.75, 3.05) is 13.1 Å². The first-order chi connectivity index (χ1) is 18.2. The Morgan fingerprint density at radius 3 is 2.26 bits per heavy atom. The third-order valence-electron chi connectivity index (χ3n) is 8.22. The summed E-state index contributed by atoms with van der Waals surface area (Å²) >= 11 is 0. The molecule has 1 aliphatic carbocycles. The molecule has 3 nitrogen and oxygen atoms in total. The van der Waals surface area contributed by atoms with Crippen molar-refractivity contribution >= 4 is 12.0 Å². The first kappa shape index (κ1) is 29.2. The van der Waals surface area contributed by atoms with Gasteiger partial charge >= 0.3 is 12.4 Å². The van der Waals surface area contributed by atoms with E-state index in [1.807, 2.05) is 25.1 Å². The van der Waals surface area contributed by atoms with Crippen LogP contribution >= 0.6 is 0 Å². The molecule has 2 aromatic rings. The second-order valence-corrected chi connectivity index (χ2v) is 11.2. The predicted octanol–water partition coefficient (Wildman–Crippen LogP) is 7.57. The van der Waals surface area contributed by atoms with Crippen LogP contribution in [0.2, 0.25) is 0 Å². The van der Waals surface area contributed by atoms with Gasteiger partial charge in [0.15, 0.2) is 0 Å². The van der Waals surface area contributed by atoms with Gasteiger partial charge in [0.25, 0.3) is 0 Å². The van der Waals surface area contributed by atoms with E-state index in [4.69, 9.17) is 0 Å². The predicted molar refractivity (Wildman–Crippen MR) is 138 cm³/mol. The van der Waals surface area contributed by atoms with E-state index in [1.54, 1.807) is 0 Å². The molecule has 1 aliphatic heterocycles. The van der Waals surface area contributed by atoms with Gasteiger partial charge in [-0.3, -0.25) is 4.79 Å². The Morgan fingerprint density at radius 1 is 1.03 bits per heavy atom. The van der Waals surface area contributed by atoms with Crippen LogP contribution in [0.25, 0.3) is 6.08 Å². The summed E-state index contributed by atoms with van der Waals surface area (Å²) in [6.45, 7) is 5.49. The Balaban J connectivity index is 1.34. The first-order valence-corrected chi connectivity index (χ1v) is 13.3. The number of halogens is 6. The molecule has 39 heavy (non-hydrogen) atoms. The molecule has 2 aliphatic rings. The van der Waals surface area contributed by atoms with Crippen LogP contribution in [-0.4, -0.2) is 29.9 Å². The molecule has 1 heterocycles. The lowest BCUT2D eigenvalue weighted by atomic mass is 9.84. The normalized spacial score (nSPS) is 26.7. The zero-order valence-electron chi connectivity index (χ0n) is 22.1. The van der Waals surface area contributed by atoms with Crippen LogP contribution in [0.3, 0.4) is 0 Å². The molecule has 1 saturated heterocycles. The maximum absolute atomic E-state index is 13.2. The van der Waals surface area contributed by atoms with Crippen LogP contribution in [0.4, 0.5) is 26.3 Å². The van der Waals surface area contributed by atoms with Crippen molar-refractivity contribution in [3.8, 4) is 0 Å². The molecule has 1 saturated carbocycles. The van der Waals surface area contributed by atoms with Crippen LogP contribution in [0.15, 0.2) is 54.6 Å². The Kier molecular flexibility index (Phi) is 8.50. The average Bonchev–Trinajstić information content (AvgIpc) is 3.29. The smallest absolute Gasteiger partial charge is 0.352 e. The molecular formula is C30H34F6N2O. The summed E-state index contributed by atoms with van der Waals surface area (Å²) in [5, 5.41) is 2.61. The third-order valence-corrected chi connectivity index (χ3v) is 8.22. The second-order valence-electron chi connectivity index (χ2n) is 11.2. The van der Waals surface area contributed by atoms with Crippen LogP contribution in [0.5, 0.6) is 0 Å². The fourth-order valence-corrected chi connectivity index (χ4v) is 5.86. The van der Waals surface area contributed by atoms with E-state index in [1.165, 1.54) is 5.56 Å². The number of hydrogen-bond donors (Lipinski definition) is 1. The van der Waals surface area contributed by atoms with Gasteiger partial charge in [0, 0.05) is 24.5 Å². The van der Waals surface area contributed by atoms with Crippen LogP contribution in [0.1, 0.15) is 61.8 Å². The van der Waals surface area contributed by atoms with Crippen LogP contribution in [-0.2, 0) is 23.7 Å². The van der Waals surface area contributed by atoms with Crippen molar-refractivity contribution in [2.45, 2.75) is 64.5 Å². The molecule has 0 spiro atoms. The lowest BCUT2D eigenvalue weighted by molar-refractivity contribution is -0.143. The summed E-state index contributed by atoms with van der Waals surface area (Å²) in [6, 6.07) is 11.8. The number of rotatable bonds is 6. The Labute approximate surface area is 225 Å². The van der Waals surface area contributed by atoms with Gasteiger partial charge in [-0.1, -0.05) is 56.3 Å². The maximum atomic E-state index is 13.2. The minimum Gasteiger partial charge on any atom is -0.352 e. The fourth-order valence-electron chi connectivity index (χ4n) is 5.86. The van der Waals surface area contributed by atoms with Crippen molar-refractivity contribution in [1.29, 1.82) is 0 Å². The average molecular weight is 553 g/mol. The van der Waals surface area contributed by atoms with E-state index >= 15 is 0 Å². The zero-order chi connectivity index (χ0) is 28.4. The monoisotopic (exact) mass is 552 g/mol. The van der Waals surface area contributed by atoms with E-state index in [0.717, 1.165) is 25.9 Å². The van der Waals surface area contributed by atoms with E-state index in [2.05, 4.69) is 41.4 Å². The third kappa shape index (κ3) is 7.24. The zero-order valence-corrected chi connectivity index (χ0v) is 22.1. The second kappa shape index (κ2) is 11.4. The highest BCUT2D eigenvalue weighted by Gasteiger charge is 2.44. The standard InChI is InChI=1S/C30H34F6N2O/c1-20-19-38(13-11-23(20)9-8-21-6-4-3-5-7-21)26-10-12-28(2,17-26)27(39)37-18-22-14-24(29(31,32)33)16-25(15-22)30(34,35)36/h3-9,14-16,20,23,26H,10-13,17-19H2,1-2H3,(H,37,39)/b9-8-/t20-,23+,26?,28?/m0/s1. The molecule has 4 rings (SSSR count). The number of alkyl halides is 6. The highest BCUT2D eigenvalue weighted by atomic mass is 19.4. The Hall–Kier alpha value is -2.81. The molecule has 0 radical (unpaired) electrons. The van der Waals surface area contributed by atoms with E-state index in [9.17, 15) is 31.1 Å². The molecule has 2 unspecified atom stereocenters. The van der Waals surface area contributed by atoms with Crippen molar-refractivity contribution < 1.29 is 31.1 Å². The number of nitrogens with zero attached hydrogens (tertiary/aromatic N) is 1. The van der Waals surface area contributed by atoms with Gasteiger partial charge in [-0.2, -0.15) is 26.3 Å². The number of likely N-dealkylation sites (tertiary alicyclic amines) is 1. The summed E-state index contributed by atoms with van der Waals surface area (Å²) in [5.41, 5.74) is -2.56. The van der Waals surface area contributed by atoms with Crippen molar-refractivity contribution in [1.82, 2.24) is 10.2 Å². The van der Waals surface area contributed by atoms with E-state index in [0.29, 0.717) is 36.8 Å². The number of piperidine rings is 1. The molecule has 212 valence electrons. The first-order valence-electron chi connectivity index (χ1n) is 13.3. The van der Waals surface area contributed by atoms with E-state index < -0.39 is 35.4 Å². The molecule has 1 amide bonds. The Bertz CT molecular complexity index is 1140. The summed E-state index contributed by atoms with van der Waals surface area (Å²) in [5.74, 6) is 0.569. The summed E-state index contributed by atoms with van der Waals surface area (Å²) < 4.78 is 79.0. The van der Waals surface area contributed by atoms with Gasteiger partial charge in [0.2, 0.25) is 5.91 Å². The summed E-state index contributed by atoms with van der Waals surface area (Å²) in [4.78, 5) is 15.5. The van der Waals surface area contributed by atoms with Crippen LogP contribution < -0.4 is 5.32 Å². The Morgan fingerprint density at radius 2 is 1.67 bits per heavy atom. The number of hydrogen-bond acceptors (Lipinski definition) is 2. The highest BCUT2D eigenvalue weighted by Crippen LogP contribution is 2.42. The van der Waals surface area contributed by atoms with Crippen molar-refractivity contribution in [3.63, 3.8) is 0 Å². The maximum Gasteiger partial charge on any atom is 0.416 e. The van der Waals surface area contributed by atoms with Crippen molar-refractivity contribution in [3.05, 3.63) is 76.9 Å². The van der Waals surface area contributed by atoms with Gasteiger partial charge in [-0.05, 0) is 73.4 Å². The SMILES string of the molecule is C[C@H]1CN(C2CCC(C)(C(=O)NCc3cc(C(F)(F)F)cc(C(F)(F)F)c3)C2)CC[C@H]1/C=C\c1ccccc1. The minimum absolute atomic E-state index is 0.0931. The van der Waals surface area contributed by atoms with Gasteiger partial charge in [-0.15, -0.1) is 0 Å². The molecule has 1 N–H and O–H groups in total. The molecule has 2 aromatic carbocycles. The van der Waals surface area contributed by atoms with Gasteiger partial charge in [-0.25, -0.2) is 0 Å². The molecule has 9 heteroatoms. The molecule has 2 fully saturated rings. The van der Waals surface area contributed by atoms with Crippen molar-refractivity contribution in [2.24, 2.45) is 17.3 Å². The highest BCUT2D eigenvalue weighted by molar-refractivity contribution is 5.82. The molecular weight excluding hydrogens is 518 g/mol. The summed E-state index contributed by atoms with van der Waals surface area (Å²) in [7, 11) is 0. The minimum atomic E-state index is -4.92. The number of carbonyl (C=O) groups excluding carboxylic acids is 1. The number of nitrogens with one attached hydrogen (secondary N) is 1. The topological polar surface area (TPSA) is 32.3 Å². The van der Waals surface area contributed by atoms with Gasteiger partial charge in [0.05, 0.1) is 11.1 Å². The van der Waals surface area contributed by atoms with Gasteiger partial charge in [0.1, 0.15) is 0 Å². The van der Waals surface area contributed by atoms with Crippen LogP contribution in [0, 0.1) is 17.3 Å². The number of amides is 1. The lowest BCUT2D eigenvalue weighted by Crippen LogP contribution is -2.45. The molecule has 0 bridgehead atoms. The fraction of sp³-hybridized carbons (Fsp3) is 0.500.